The number of hydrogen-bond acceptors (Lipinski definition) is 2. The molecule has 3 fully saturated rings. The van der Waals surface area contributed by atoms with E-state index in [1.807, 2.05) is 0 Å². The Kier molecular flexibility index (Phi) is 5.25. The van der Waals surface area contributed by atoms with Crippen LogP contribution in [0.5, 0.6) is 0 Å². The standard InChI is InChI=1S/C17H30N2O.ClH/c1-14(2)11-17(5-3-4-6-17)15(20)19-10-8-16(13-19)7-9-18-12-16;/h14,18H,3-13H2,1-2H3;1H. The van der Waals surface area contributed by atoms with E-state index in [2.05, 4.69) is 24.1 Å². The molecule has 1 unspecified atom stereocenters. The van der Waals surface area contributed by atoms with Gasteiger partial charge in [-0.15, -0.1) is 12.4 Å². The molecule has 1 saturated carbocycles. The zero-order chi connectivity index (χ0) is 14.2. The highest BCUT2D eigenvalue weighted by Crippen LogP contribution is 2.46. The van der Waals surface area contributed by atoms with Crippen molar-refractivity contribution in [2.45, 2.75) is 58.8 Å². The van der Waals surface area contributed by atoms with Crippen molar-refractivity contribution in [1.82, 2.24) is 10.2 Å². The highest BCUT2D eigenvalue weighted by Gasteiger charge is 2.48. The summed E-state index contributed by atoms with van der Waals surface area (Å²) in [5.74, 6) is 1.12. The van der Waals surface area contributed by atoms with E-state index in [9.17, 15) is 4.79 Å². The van der Waals surface area contributed by atoms with Gasteiger partial charge in [-0.1, -0.05) is 26.7 Å². The lowest BCUT2D eigenvalue weighted by molar-refractivity contribution is -0.142. The Morgan fingerprint density at radius 1 is 1.19 bits per heavy atom. The fraction of sp³-hybridized carbons (Fsp3) is 0.941. The zero-order valence-corrected chi connectivity index (χ0v) is 14.4. The third-order valence-electron chi connectivity index (χ3n) is 5.87. The van der Waals surface area contributed by atoms with Crippen molar-refractivity contribution in [1.29, 1.82) is 0 Å². The summed E-state index contributed by atoms with van der Waals surface area (Å²) in [5.41, 5.74) is 0.402. The number of nitrogens with one attached hydrogen (secondary N) is 1. The second-order valence-corrected chi connectivity index (χ2v) is 7.99. The summed E-state index contributed by atoms with van der Waals surface area (Å²) >= 11 is 0. The van der Waals surface area contributed by atoms with Crippen LogP contribution >= 0.6 is 12.4 Å². The maximum absolute atomic E-state index is 13.2. The Labute approximate surface area is 135 Å². The first-order valence-corrected chi connectivity index (χ1v) is 8.56. The van der Waals surface area contributed by atoms with E-state index in [-0.39, 0.29) is 17.8 Å². The van der Waals surface area contributed by atoms with Gasteiger partial charge < -0.3 is 10.2 Å². The first kappa shape index (κ1) is 17.1. The van der Waals surface area contributed by atoms with Gasteiger partial charge in [0, 0.05) is 30.5 Å². The summed E-state index contributed by atoms with van der Waals surface area (Å²) in [6, 6.07) is 0. The molecule has 0 aromatic carbocycles. The summed E-state index contributed by atoms with van der Waals surface area (Å²) in [5, 5.41) is 3.49. The van der Waals surface area contributed by atoms with Crippen LogP contribution in [-0.4, -0.2) is 37.0 Å². The lowest BCUT2D eigenvalue weighted by atomic mass is 9.77. The predicted molar refractivity (Wildman–Crippen MR) is 88.7 cm³/mol. The van der Waals surface area contributed by atoms with Gasteiger partial charge in [0.15, 0.2) is 0 Å². The van der Waals surface area contributed by atoms with Crippen LogP contribution in [0.4, 0.5) is 0 Å². The first-order valence-electron chi connectivity index (χ1n) is 8.56. The highest BCUT2D eigenvalue weighted by atomic mass is 35.5. The molecule has 3 aliphatic rings. The molecule has 1 aliphatic carbocycles. The molecule has 0 radical (unpaired) electrons. The third kappa shape index (κ3) is 3.24. The molecule has 2 heterocycles. The Balaban J connectivity index is 0.00000161. The fourth-order valence-corrected chi connectivity index (χ4v) is 4.93. The van der Waals surface area contributed by atoms with Crippen LogP contribution < -0.4 is 5.32 Å². The van der Waals surface area contributed by atoms with E-state index in [4.69, 9.17) is 0 Å². The Hall–Kier alpha value is -0.280. The predicted octanol–water partition coefficient (Wildman–Crippen LogP) is 3.23. The van der Waals surface area contributed by atoms with Crippen molar-refractivity contribution in [3.63, 3.8) is 0 Å². The molecule has 0 aromatic rings. The van der Waals surface area contributed by atoms with Gasteiger partial charge in [0.1, 0.15) is 0 Å². The topological polar surface area (TPSA) is 32.3 Å². The van der Waals surface area contributed by atoms with Gasteiger partial charge in [-0.3, -0.25) is 4.79 Å². The molecule has 1 atom stereocenters. The van der Waals surface area contributed by atoms with E-state index < -0.39 is 0 Å². The van der Waals surface area contributed by atoms with Crippen molar-refractivity contribution < 1.29 is 4.79 Å². The molecule has 2 saturated heterocycles. The minimum Gasteiger partial charge on any atom is -0.342 e. The quantitative estimate of drug-likeness (QED) is 0.867. The first-order chi connectivity index (χ1) is 9.55. The number of amides is 1. The van der Waals surface area contributed by atoms with Gasteiger partial charge in [-0.2, -0.15) is 0 Å². The van der Waals surface area contributed by atoms with Gasteiger partial charge in [-0.25, -0.2) is 0 Å². The van der Waals surface area contributed by atoms with Crippen molar-refractivity contribution in [2.75, 3.05) is 26.2 Å². The molecule has 4 heteroatoms. The Morgan fingerprint density at radius 2 is 1.90 bits per heavy atom. The summed E-state index contributed by atoms with van der Waals surface area (Å²) in [6.07, 6.45) is 8.32. The van der Waals surface area contributed by atoms with Gasteiger partial charge in [0.2, 0.25) is 5.91 Å². The van der Waals surface area contributed by atoms with Gasteiger partial charge in [0.25, 0.3) is 0 Å². The van der Waals surface area contributed by atoms with Gasteiger partial charge >= 0.3 is 0 Å². The molecule has 2 aliphatic heterocycles. The molecule has 1 N–H and O–H groups in total. The number of carbonyl (C=O) groups is 1. The van der Waals surface area contributed by atoms with Crippen LogP contribution in [0.25, 0.3) is 0 Å². The van der Waals surface area contributed by atoms with Crippen LogP contribution in [0.3, 0.4) is 0 Å². The monoisotopic (exact) mass is 314 g/mol. The van der Waals surface area contributed by atoms with E-state index in [0.717, 1.165) is 45.4 Å². The molecule has 1 amide bonds. The maximum Gasteiger partial charge on any atom is 0.228 e. The van der Waals surface area contributed by atoms with Crippen molar-refractivity contribution in [2.24, 2.45) is 16.7 Å². The molecule has 0 aromatic heterocycles. The third-order valence-corrected chi connectivity index (χ3v) is 5.87. The van der Waals surface area contributed by atoms with Gasteiger partial charge in [-0.05, 0) is 44.6 Å². The summed E-state index contributed by atoms with van der Waals surface area (Å²) in [7, 11) is 0. The van der Waals surface area contributed by atoms with E-state index in [1.165, 1.54) is 25.7 Å². The van der Waals surface area contributed by atoms with Crippen LogP contribution in [0.1, 0.15) is 58.8 Å². The summed E-state index contributed by atoms with van der Waals surface area (Å²) in [6.45, 7) is 8.80. The van der Waals surface area contributed by atoms with Gasteiger partial charge in [0.05, 0.1) is 0 Å². The van der Waals surface area contributed by atoms with Crippen LogP contribution in [-0.2, 0) is 4.79 Å². The minimum atomic E-state index is -0.00820. The second kappa shape index (κ2) is 6.45. The molecular weight excluding hydrogens is 284 g/mol. The number of rotatable bonds is 3. The van der Waals surface area contributed by atoms with Crippen LogP contribution in [0.15, 0.2) is 0 Å². The lowest BCUT2D eigenvalue weighted by Crippen LogP contribution is -2.43. The van der Waals surface area contributed by atoms with Crippen molar-refractivity contribution in [3.8, 4) is 0 Å². The molecule has 122 valence electrons. The van der Waals surface area contributed by atoms with Crippen LogP contribution in [0.2, 0.25) is 0 Å². The number of hydrogen-bond donors (Lipinski definition) is 1. The fourth-order valence-electron chi connectivity index (χ4n) is 4.93. The molecule has 21 heavy (non-hydrogen) atoms. The molecule has 1 spiro atoms. The number of nitrogens with zero attached hydrogens (tertiary/aromatic N) is 1. The summed E-state index contributed by atoms with van der Waals surface area (Å²) in [4.78, 5) is 15.4. The minimum absolute atomic E-state index is 0. The largest absolute Gasteiger partial charge is 0.342 e. The van der Waals surface area contributed by atoms with Crippen LogP contribution in [0, 0.1) is 16.7 Å². The molecule has 0 bridgehead atoms. The zero-order valence-electron chi connectivity index (χ0n) is 13.6. The number of carbonyl (C=O) groups excluding carboxylic acids is 1. The highest BCUT2D eigenvalue weighted by molar-refractivity contribution is 5.85. The Morgan fingerprint density at radius 3 is 2.48 bits per heavy atom. The van der Waals surface area contributed by atoms with E-state index >= 15 is 0 Å². The lowest BCUT2D eigenvalue weighted by Gasteiger charge is -2.34. The number of halogens is 1. The maximum atomic E-state index is 13.2. The van der Waals surface area contributed by atoms with E-state index in [0.29, 0.717) is 17.2 Å². The number of likely N-dealkylation sites (tertiary alicyclic amines) is 1. The molecule has 3 nitrogen and oxygen atoms in total. The normalized spacial score (nSPS) is 31.1. The summed E-state index contributed by atoms with van der Waals surface area (Å²) < 4.78 is 0. The van der Waals surface area contributed by atoms with E-state index in [1.54, 1.807) is 0 Å². The Bertz CT molecular complexity index is 371. The molecule has 3 rings (SSSR count). The average molecular weight is 315 g/mol. The second-order valence-electron chi connectivity index (χ2n) is 7.99. The van der Waals surface area contributed by atoms with Crippen molar-refractivity contribution >= 4 is 18.3 Å². The van der Waals surface area contributed by atoms with Crippen molar-refractivity contribution in [3.05, 3.63) is 0 Å². The average Bonchev–Trinajstić information content (AvgIpc) is 3.12. The molecular formula is C17H31ClN2O. The SMILES string of the molecule is CC(C)CC1(C(=O)N2CCC3(CCNC3)C2)CCCC1.Cl. The smallest absolute Gasteiger partial charge is 0.228 e.